The van der Waals surface area contributed by atoms with Crippen molar-refractivity contribution in [3.05, 3.63) is 80.7 Å². The minimum Gasteiger partial charge on any atom is -0.246 e. The Hall–Kier alpha value is -1.54. The van der Waals surface area contributed by atoms with Gasteiger partial charge in [-0.2, -0.15) is 0 Å². The molecule has 2 heterocycles. The number of benzene rings is 1. The van der Waals surface area contributed by atoms with Crippen molar-refractivity contribution >= 4 is 37.3 Å². The van der Waals surface area contributed by atoms with E-state index in [1.54, 1.807) is 24.3 Å². The topological polar surface area (TPSA) is 59.1 Å². The van der Waals surface area contributed by atoms with Crippen molar-refractivity contribution in [2.24, 2.45) is 0 Å². The Morgan fingerprint density at radius 1 is 1.08 bits per heavy atom. The van der Waals surface area contributed by atoms with Gasteiger partial charge in [0.05, 0.1) is 10.9 Å². The molecule has 7 heteroatoms. The fourth-order valence-electron chi connectivity index (χ4n) is 2.68. The lowest BCUT2D eigenvalue weighted by Crippen LogP contribution is -2.31. The van der Waals surface area contributed by atoms with E-state index in [1.807, 2.05) is 49.6 Å². The van der Waals surface area contributed by atoms with Gasteiger partial charge in [-0.15, -0.1) is 11.3 Å². The average molecular weight is 451 g/mol. The molecule has 0 spiro atoms. The van der Waals surface area contributed by atoms with Gasteiger partial charge in [0.1, 0.15) is 4.60 Å². The van der Waals surface area contributed by atoms with Crippen molar-refractivity contribution in [2.75, 3.05) is 0 Å². The third kappa shape index (κ3) is 4.40. The maximum atomic E-state index is 12.9. The summed E-state index contributed by atoms with van der Waals surface area (Å²) in [7, 11) is -3.65. The Kier molecular flexibility index (Phi) is 5.92. The summed E-state index contributed by atoms with van der Waals surface area (Å²) in [5, 5.41) is 1.95. The molecule has 1 aromatic carbocycles. The van der Waals surface area contributed by atoms with Crippen LogP contribution in [0.4, 0.5) is 0 Å². The first kappa shape index (κ1) is 19.2. The van der Waals surface area contributed by atoms with Crippen LogP contribution in [0.5, 0.6) is 0 Å². The van der Waals surface area contributed by atoms with Crippen LogP contribution < -0.4 is 4.72 Å². The van der Waals surface area contributed by atoms with Crippen molar-refractivity contribution < 1.29 is 8.42 Å². The van der Waals surface area contributed by atoms with Crippen LogP contribution in [0.15, 0.2) is 69.5 Å². The Morgan fingerprint density at radius 3 is 2.42 bits per heavy atom. The quantitative estimate of drug-likeness (QED) is 0.535. The zero-order valence-corrected chi connectivity index (χ0v) is 17.6. The highest BCUT2D eigenvalue weighted by Gasteiger charge is 2.28. The number of thiophene rings is 1. The second kappa shape index (κ2) is 8.00. The summed E-state index contributed by atoms with van der Waals surface area (Å²) in [5.74, 6) is -0.133. The van der Waals surface area contributed by atoms with Gasteiger partial charge in [-0.25, -0.2) is 18.1 Å². The van der Waals surface area contributed by atoms with Gasteiger partial charge in [-0.1, -0.05) is 36.8 Å². The number of nitrogens with one attached hydrogen (secondary N) is 1. The molecule has 2 aromatic heterocycles. The number of halogens is 1. The molecule has 0 aliphatic carbocycles. The monoisotopic (exact) mass is 450 g/mol. The number of aromatic nitrogens is 1. The molecule has 0 saturated heterocycles. The van der Waals surface area contributed by atoms with Gasteiger partial charge in [-0.05, 0) is 58.6 Å². The fourth-order valence-corrected chi connectivity index (χ4v) is 5.28. The summed E-state index contributed by atoms with van der Waals surface area (Å²) in [6.45, 7) is 3.91. The van der Waals surface area contributed by atoms with Crippen LogP contribution >= 0.6 is 27.3 Å². The number of aryl methyl sites for hydroxylation is 1. The number of nitrogens with zero attached hydrogens (tertiary/aromatic N) is 1. The van der Waals surface area contributed by atoms with Crippen LogP contribution in [0.2, 0.25) is 0 Å². The van der Waals surface area contributed by atoms with E-state index in [1.165, 1.54) is 11.3 Å². The van der Waals surface area contributed by atoms with Crippen molar-refractivity contribution in [1.82, 2.24) is 9.71 Å². The highest BCUT2D eigenvalue weighted by molar-refractivity contribution is 9.10. The molecular weight excluding hydrogens is 432 g/mol. The molecule has 0 amide bonds. The van der Waals surface area contributed by atoms with Gasteiger partial charge in [0.2, 0.25) is 10.0 Å². The zero-order chi connectivity index (χ0) is 18.7. The molecule has 0 saturated carbocycles. The molecule has 3 aromatic rings. The van der Waals surface area contributed by atoms with E-state index < -0.39 is 16.1 Å². The lowest BCUT2D eigenvalue weighted by molar-refractivity contribution is 0.514. The molecular formula is C19H19BrN2O2S2. The second-order valence-corrected chi connectivity index (χ2v) is 9.61. The molecule has 0 bridgehead atoms. The molecule has 2 atom stereocenters. The first-order chi connectivity index (χ1) is 12.4. The van der Waals surface area contributed by atoms with E-state index in [0.717, 1.165) is 20.7 Å². The largest absolute Gasteiger partial charge is 0.246 e. The molecule has 26 heavy (non-hydrogen) atoms. The minimum absolute atomic E-state index is 0.133. The highest BCUT2D eigenvalue weighted by atomic mass is 79.9. The molecule has 1 N–H and O–H groups in total. The molecule has 0 aliphatic rings. The summed E-state index contributed by atoms with van der Waals surface area (Å²) < 4.78 is 29.4. The lowest BCUT2D eigenvalue weighted by atomic mass is 9.97. The number of sulfonamides is 1. The van der Waals surface area contributed by atoms with Crippen molar-refractivity contribution in [1.29, 1.82) is 0 Å². The van der Waals surface area contributed by atoms with Gasteiger partial charge in [0.15, 0.2) is 0 Å². The van der Waals surface area contributed by atoms with Crippen LogP contribution in [-0.2, 0) is 10.0 Å². The maximum Gasteiger partial charge on any atom is 0.241 e. The number of hydrogen-bond acceptors (Lipinski definition) is 4. The SMILES string of the molecule is Cc1ccc(S(=O)(=O)N[C@H](c2cccs2)[C@H](C)c2cccc(Br)n2)cc1. The van der Waals surface area contributed by atoms with E-state index in [4.69, 9.17) is 0 Å². The van der Waals surface area contributed by atoms with E-state index >= 15 is 0 Å². The van der Waals surface area contributed by atoms with Gasteiger partial charge < -0.3 is 0 Å². The Bertz CT molecular complexity index is 971. The lowest BCUT2D eigenvalue weighted by Gasteiger charge is -2.24. The second-order valence-electron chi connectivity index (χ2n) is 6.10. The van der Waals surface area contributed by atoms with Crippen LogP contribution in [0.3, 0.4) is 0 Å². The summed E-state index contributed by atoms with van der Waals surface area (Å²) >= 11 is 4.92. The average Bonchev–Trinajstić information content (AvgIpc) is 3.14. The van der Waals surface area contributed by atoms with Crippen molar-refractivity contribution in [3.63, 3.8) is 0 Å². The summed E-state index contributed by atoms with van der Waals surface area (Å²) in [6.07, 6.45) is 0. The minimum atomic E-state index is -3.65. The van der Waals surface area contributed by atoms with Gasteiger partial charge in [0.25, 0.3) is 0 Å². The Morgan fingerprint density at radius 2 is 1.81 bits per heavy atom. The number of rotatable bonds is 6. The maximum absolute atomic E-state index is 12.9. The van der Waals surface area contributed by atoms with Gasteiger partial charge >= 0.3 is 0 Å². The van der Waals surface area contributed by atoms with Crippen molar-refractivity contribution in [2.45, 2.75) is 30.7 Å². The summed E-state index contributed by atoms with van der Waals surface area (Å²) in [5.41, 5.74) is 1.84. The van der Waals surface area contributed by atoms with E-state index in [0.29, 0.717) is 0 Å². The van der Waals surface area contributed by atoms with Gasteiger partial charge in [0, 0.05) is 16.5 Å². The zero-order valence-electron chi connectivity index (χ0n) is 14.4. The molecule has 136 valence electrons. The van der Waals surface area contributed by atoms with E-state index in [2.05, 4.69) is 25.6 Å². The normalized spacial score (nSPS) is 14.1. The third-order valence-electron chi connectivity index (χ3n) is 4.17. The Labute approximate surface area is 166 Å². The van der Waals surface area contributed by atoms with Crippen molar-refractivity contribution in [3.8, 4) is 0 Å². The molecule has 4 nitrogen and oxygen atoms in total. The molecule has 0 aliphatic heterocycles. The van der Waals surface area contributed by atoms with Crippen LogP contribution in [-0.4, -0.2) is 13.4 Å². The van der Waals surface area contributed by atoms with Crippen LogP contribution in [0.1, 0.15) is 35.0 Å². The Balaban J connectivity index is 1.96. The standard InChI is InChI=1S/C19H19BrN2O2S2/c1-13-8-10-15(11-9-13)26(23,24)22-19(17-6-4-12-25-17)14(2)16-5-3-7-18(20)21-16/h3-12,14,19,22H,1-2H3/t14-,19+/m1/s1. The predicted octanol–water partition coefficient (Wildman–Crippen LogP) is 5.04. The van der Waals surface area contributed by atoms with E-state index in [-0.39, 0.29) is 10.8 Å². The molecule has 3 rings (SSSR count). The summed E-state index contributed by atoms with van der Waals surface area (Å²) in [6, 6.07) is 16.0. The van der Waals surface area contributed by atoms with Crippen LogP contribution in [0, 0.1) is 6.92 Å². The smallest absolute Gasteiger partial charge is 0.241 e. The van der Waals surface area contributed by atoms with Crippen LogP contribution in [0.25, 0.3) is 0 Å². The molecule has 0 unspecified atom stereocenters. The molecule has 0 radical (unpaired) electrons. The predicted molar refractivity (Wildman–Crippen MR) is 109 cm³/mol. The number of hydrogen-bond donors (Lipinski definition) is 1. The third-order valence-corrected chi connectivity index (χ3v) is 7.02. The number of pyridine rings is 1. The summed E-state index contributed by atoms with van der Waals surface area (Å²) in [4.78, 5) is 5.72. The fraction of sp³-hybridized carbons (Fsp3) is 0.211. The molecule has 0 fully saturated rings. The van der Waals surface area contributed by atoms with Gasteiger partial charge in [-0.3, -0.25) is 0 Å². The first-order valence-electron chi connectivity index (χ1n) is 8.12. The first-order valence-corrected chi connectivity index (χ1v) is 11.3. The highest BCUT2D eigenvalue weighted by Crippen LogP contribution is 2.34. The van der Waals surface area contributed by atoms with E-state index in [9.17, 15) is 8.42 Å².